The van der Waals surface area contributed by atoms with Crippen LogP contribution in [0.25, 0.3) is 22.3 Å². The topological polar surface area (TPSA) is 118 Å². The molecule has 1 aromatic carbocycles. The molecule has 1 amide bonds. The van der Waals surface area contributed by atoms with Gasteiger partial charge in [0.05, 0.1) is 18.4 Å². The standard InChI is InChI=1S/C25H32N6O2/c1-25(2,3)21(32)12-22(27-4)30-23(33)10-16-6-8-17(9-7-16)18-11-20(24(26)28-13-18)19-14-29-31(5)15-19/h6-9,11-15,22,27,32H,10H2,1-5H3,(H2,26,28)(H,30,33)/b21-12-. The van der Waals surface area contributed by atoms with E-state index in [4.69, 9.17) is 5.73 Å². The third-order valence-electron chi connectivity index (χ3n) is 5.31. The van der Waals surface area contributed by atoms with Crippen LogP contribution >= 0.6 is 0 Å². The molecule has 0 saturated heterocycles. The summed E-state index contributed by atoms with van der Waals surface area (Å²) in [5, 5.41) is 20.3. The van der Waals surface area contributed by atoms with Crippen molar-refractivity contribution in [2.45, 2.75) is 33.4 Å². The zero-order valence-corrected chi connectivity index (χ0v) is 19.8. The van der Waals surface area contributed by atoms with E-state index in [9.17, 15) is 9.90 Å². The number of hydrogen-bond donors (Lipinski definition) is 4. The number of aromatic nitrogens is 3. The highest BCUT2D eigenvalue weighted by Gasteiger charge is 2.18. The number of anilines is 1. The van der Waals surface area contributed by atoms with Crippen molar-refractivity contribution in [3.8, 4) is 22.3 Å². The number of nitrogen functional groups attached to an aromatic ring is 1. The average Bonchev–Trinajstić information content (AvgIpc) is 3.19. The first-order valence-corrected chi connectivity index (χ1v) is 10.8. The third-order valence-corrected chi connectivity index (χ3v) is 5.31. The van der Waals surface area contributed by atoms with Gasteiger partial charge in [0.1, 0.15) is 12.0 Å². The summed E-state index contributed by atoms with van der Waals surface area (Å²) in [7, 11) is 3.58. The molecular weight excluding hydrogens is 416 g/mol. The molecule has 0 aliphatic heterocycles. The molecule has 2 aromatic heterocycles. The second kappa shape index (κ2) is 9.87. The average molecular weight is 449 g/mol. The van der Waals surface area contributed by atoms with Crippen LogP contribution in [0.3, 0.4) is 0 Å². The Morgan fingerprint density at radius 2 is 1.88 bits per heavy atom. The van der Waals surface area contributed by atoms with E-state index in [0.29, 0.717) is 5.82 Å². The number of hydrogen-bond acceptors (Lipinski definition) is 6. The van der Waals surface area contributed by atoms with Crippen LogP contribution in [-0.4, -0.2) is 39.0 Å². The van der Waals surface area contributed by atoms with Gasteiger partial charge < -0.3 is 16.2 Å². The molecule has 174 valence electrons. The van der Waals surface area contributed by atoms with Crippen molar-refractivity contribution >= 4 is 11.7 Å². The summed E-state index contributed by atoms with van der Waals surface area (Å²) >= 11 is 0. The molecule has 0 saturated carbocycles. The summed E-state index contributed by atoms with van der Waals surface area (Å²) in [6.07, 6.45) is 6.78. The number of benzene rings is 1. The summed E-state index contributed by atoms with van der Waals surface area (Å²) in [6.45, 7) is 5.72. The van der Waals surface area contributed by atoms with Gasteiger partial charge in [0.25, 0.3) is 0 Å². The molecule has 1 atom stereocenters. The van der Waals surface area contributed by atoms with Gasteiger partial charge in [-0.15, -0.1) is 0 Å². The van der Waals surface area contributed by atoms with E-state index in [1.54, 1.807) is 30.2 Å². The predicted molar refractivity (Wildman–Crippen MR) is 131 cm³/mol. The maximum Gasteiger partial charge on any atom is 0.225 e. The lowest BCUT2D eigenvalue weighted by Gasteiger charge is -2.21. The molecule has 8 nitrogen and oxygen atoms in total. The molecule has 0 fully saturated rings. The Labute approximate surface area is 194 Å². The largest absolute Gasteiger partial charge is 0.512 e. The summed E-state index contributed by atoms with van der Waals surface area (Å²) in [6, 6.07) is 9.76. The number of allylic oxidation sites excluding steroid dienone is 1. The third kappa shape index (κ3) is 6.20. The van der Waals surface area contributed by atoms with Crippen LogP contribution in [0.2, 0.25) is 0 Å². The highest BCUT2D eigenvalue weighted by molar-refractivity contribution is 5.80. The van der Waals surface area contributed by atoms with Gasteiger partial charge in [-0.05, 0) is 30.3 Å². The minimum Gasteiger partial charge on any atom is -0.512 e. The fourth-order valence-corrected chi connectivity index (χ4v) is 3.25. The van der Waals surface area contributed by atoms with Gasteiger partial charge >= 0.3 is 0 Å². The van der Waals surface area contributed by atoms with Crippen molar-refractivity contribution in [1.82, 2.24) is 25.4 Å². The van der Waals surface area contributed by atoms with Gasteiger partial charge in [0, 0.05) is 41.5 Å². The number of aryl methyl sites for hydroxylation is 1. The monoisotopic (exact) mass is 448 g/mol. The van der Waals surface area contributed by atoms with Crippen LogP contribution in [0.4, 0.5) is 5.82 Å². The van der Waals surface area contributed by atoms with Crippen molar-refractivity contribution in [2.75, 3.05) is 12.8 Å². The molecule has 33 heavy (non-hydrogen) atoms. The number of likely N-dealkylation sites (N-methyl/N-ethyl adjacent to an activating group) is 1. The van der Waals surface area contributed by atoms with Gasteiger partial charge in [0.2, 0.25) is 5.91 Å². The number of aliphatic hydroxyl groups excluding tert-OH is 1. The lowest BCUT2D eigenvalue weighted by atomic mass is 9.93. The maximum atomic E-state index is 12.5. The molecule has 0 aliphatic rings. The summed E-state index contributed by atoms with van der Waals surface area (Å²) in [5.74, 6) is 0.521. The summed E-state index contributed by atoms with van der Waals surface area (Å²) in [4.78, 5) is 16.9. The van der Waals surface area contributed by atoms with Gasteiger partial charge in [-0.25, -0.2) is 4.98 Å². The van der Waals surface area contributed by atoms with E-state index in [2.05, 4.69) is 20.7 Å². The number of nitrogens with zero attached hydrogens (tertiary/aromatic N) is 3. The van der Waals surface area contributed by atoms with Crippen molar-refractivity contribution in [3.63, 3.8) is 0 Å². The molecule has 3 rings (SSSR count). The van der Waals surface area contributed by atoms with Crippen molar-refractivity contribution in [1.29, 1.82) is 0 Å². The number of carbonyl (C=O) groups is 1. The minimum absolute atomic E-state index is 0.145. The Balaban J connectivity index is 1.70. The van der Waals surface area contributed by atoms with Gasteiger partial charge in [-0.1, -0.05) is 45.0 Å². The maximum absolute atomic E-state index is 12.5. The molecule has 0 aliphatic carbocycles. The van der Waals surface area contributed by atoms with E-state index in [1.807, 2.05) is 64.3 Å². The van der Waals surface area contributed by atoms with E-state index >= 15 is 0 Å². The summed E-state index contributed by atoms with van der Waals surface area (Å²) < 4.78 is 1.72. The summed E-state index contributed by atoms with van der Waals surface area (Å²) in [5.41, 5.74) is 10.2. The Morgan fingerprint density at radius 1 is 1.18 bits per heavy atom. The van der Waals surface area contributed by atoms with E-state index in [-0.39, 0.29) is 23.5 Å². The van der Waals surface area contributed by atoms with E-state index in [1.165, 1.54) is 0 Å². The molecular formula is C25H32N6O2. The second-order valence-electron chi connectivity index (χ2n) is 9.07. The Bertz CT molecular complexity index is 1140. The first-order valence-electron chi connectivity index (χ1n) is 10.8. The lowest BCUT2D eigenvalue weighted by molar-refractivity contribution is -0.121. The molecule has 0 spiro atoms. The van der Waals surface area contributed by atoms with Crippen molar-refractivity contribution in [3.05, 3.63) is 66.3 Å². The van der Waals surface area contributed by atoms with Crippen LogP contribution in [0.15, 0.2) is 60.8 Å². The molecule has 3 aromatic rings. The van der Waals surface area contributed by atoms with Crippen molar-refractivity contribution < 1.29 is 9.90 Å². The zero-order valence-electron chi connectivity index (χ0n) is 19.8. The minimum atomic E-state index is -0.456. The number of nitrogens with one attached hydrogen (secondary N) is 2. The Kier molecular flexibility index (Phi) is 7.18. The van der Waals surface area contributed by atoms with Gasteiger partial charge in [-0.3, -0.25) is 14.8 Å². The molecule has 8 heteroatoms. The Morgan fingerprint density at radius 3 is 2.45 bits per heavy atom. The first kappa shape index (κ1) is 24.0. The van der Waals surface area contributed by atoms with Crippen LogP contribution in [0.5, 0.6) is 0 Å². The van der Waals surface area contributed by atoms with Crippen LogP contribution in [0.1, 0.15) is 26.3 Å². The highest BCUT2D eigenvalue weighted by Crippen LogP contribution is 2.29. The Hall–Kier alpha value is -3.65. The fourth-order valence-electron chi connectivity index (χ4n) is 3.25. The quantitative estimate of drug-likeness (QED) is 0.325. The molecule has 0 radical (unpaired) electrons. The van der Waals surface area contributed by atoms with Gasteiger partial charge in [-0.2, -0.15) is 5.10 Å². The number of carbonyl (C=O) groups excluding carboxylic acids is 1. The van der Waals surface area contributed by atoms with Crippen LogP contribution in [0, 0.1) is 5.41 Å². The predicted octanol–water partition coefficient (Wildman–Crippen LogP) is 3.42. The normalized spacial score (nSPS) is 13.1. The number of nitrogens with two attached hydrogens (primary N) is 1. The smallest absolute Gasteiger partial charge is 0.225 e. The number of rotatable bonds is 7. The van der Waals surface area contributed by atoms with E-state index < -0.39 is 6.17 Å². The number of pyridine rings is 1. The first-order chi connectivity index (χ1) is 15.6. The van der Waals surface area contributed by atoms with Crippen molar-refractivity contribution in [2.24, 2.45) is 12.5 Å². The van der Waals surface area contributed by atoms with Crippen LogP contribution < -0.4 is 16.4 Å². The SMILES string of the molecule is CNC(/C=C(\O)C(C)(C)C)NC(=O)Cc1ccc(-c2cnc(N)c(-c3cnn(C)c3)c2)cc1. The molecule has 1 unspecified atom stereocenters. The van der Waals surface area contributed by atoms with E-state index in [0.717, 1.165) is 27.8 Å². The van der Waals surface area contributed by atoms with Gasteiger partial charge in [0.15, 0.2) is 0 Å². The zero-order chi connectivity index (χ0) is 24.2. The van der Waals surface area contributed by atoms with Crippen LogP contribution in [-0.2, 0) is 18.3 Å². The molecule has 5 N–H and O–H groups in total. The lowest BCUT2D eigenvalue weighted by Crippen LogP contribution is -2.43. The fraction of sp³-hybridized carbons (Fsp3) is 0.320. The molecule has 0 bridgehead atoms. The number of amides is 1. The second-order valence-corrected chi connectivity index (χ2v) is 9.07. The highest BCUT2D eigenvalue weighted by atomic mass is 16.3. The molecule has 2 heterocycles. The number of aliphatic hydroxyl groups is 1.